The topological polar surface area (TPSA) is 136 Å². The van der Waals surface area contributed by atoms with Gasteiger partial charge in [0.1, 0.15) is 18.3 Å². The van der Waals surface area contributed by atoms with Gasteiger partial charge in [-0.05, 0) is 6.08 Å². The summed E-state index contributed by atoms with van der Waals surface area (Å²) >= 11 is 0. The molecule has 0 radical (unpaired) electrons. The molecule has 0 aliphatic carbocycles. The summed E-state index contributed by atoms with van der Waals surface area (Å²) in [5, 5.41) is 40.0. The average molecular weight is 301 g/mol. The molecule has 5 atom stereocenters. The molecule has 0 saturated heterocycles. The van der Waals surface area contributed by atoms with Crippen molar-refractivity contribution < 1.29 is 34.8 Å². The van der Waals surface area contributed by atoms with E-state index in [2.05, 4.69) is 11.9 Å². The number of aliphatic hydroxyl groups is 3. The van der Waals surface area contributed by atoms with Crippen LogP contribution in [0.1, 0.15) is 6.92 Å². The third-order valence-electron chi connectivity index (χ3n) is 3.15. The molecule has 1 amide bonds. The van der Waals surface area contributed by atoms with Crippen molar-refractivity contribution in [1.29, 1.82) is 0 Å². The Hall–Kier alpha value is -1.90. The van der Waals surface area contributed by atoms with Crippen LogP contribution in [0.4, 0.5) is 0 Å². The van der Waals surface area contributed by atoms with Crippen molar-refractivity contribution in [3.8, 4) is 0 Å². The SMILES string of the molecule is C=CC1C=C(C(=O)O)OC(C(O)C(O)CO)C1NC(C)=O. The van der Waals surface area contributed by atoms with E-state index in [1.165, 1.54) is 19.1 Å². The van der Waals surface area contributed by atoms with Gasteiger partial charge < -0.3 is 30.5 Å². The van der Waals surface area contributed by atoms with E-state index in [9.17, 15) is 19.8 Å². The van der Waals surface area contributed by atoms with Gasteiger partial charge in [-0.3, -0.25) is 4.79 Å². The highest BCUT2D eigenvalue weighted by molar-refractivity contribution is 5.84. The Balaban J connectivity index is 3.15. The number of ether oxygens (including phenoxy) is 1. The monoisotopic (exact) mass is 301 g/mol. The number of carboxylic acids is 1. The van der Waals surface area contributed by atoms with Gasteiger partial charge >= 0.3 is 5.97 Å². The van der Waals surface area contributed by atoms with Crippen LogP contribution in [0.15, 0.2) is 24.5 Å². The third kappa shape index (κ3) is 4.03. The molecule has 21 heavy (non-hydrogen) atoms. The van der Waals surface area contributed by atoms with Crippen LogP contribution in [0.5, 0.6) is 0 Å². The first-order valence-corrected chi connectivity index (χ1v) is 6.30. The summed E-state index contributed by atoms with van der Waals surface area (Å²) in [5.41, 5.74) is 0. The maximum atomic E-state index is 11.3. The molecule has 0 spiro atoms. The van der Waals surface area contributed by atoms with Crippen LogP contribution in [-0.2, 0) is 14.3 Å². The zero-order valence-corrected chi connectivity index (χ0v) is 11.5. The Morgan fingerprint density at radius 1 is 1.52 bits per heavy atom. The molecule has 1 aliphatic rings. The molecule has 5 unspecified atom stereocenters. The molecule has 0 aromatic carbocycles. The Morgan fingerprint density at radius 2 is 2.14 bits per heavy atom. The van der Waals surface area contributed by atoms with E-state index in [-0.39, 0.29) is 0 Å². The van der Waals surface area contributed by atoms with E-state index in [0.717, 1.165) is 0 Å². The molecular weight excluding hydrogens is 282 g/mol. The third-order valence-corrected chi connectivity index (χ3v) is 3.15. The first-order chi connectivity index (χ1) is 9.81. The van der Waals surface area contributed by atoms with Crippen molar-refractivity contribution >= 4 is 11.9 Å². The zero-order chi connectivity index (χ0) is 16.2. The number of aliphatic carboxylic acids is 1. The van der Waals surface area contributed by atoms with E-state index >= 15 is 0 Å². The zero-order valence-electron chi connectivity index (χ0n) is 11.5. The van der Waals surface area contributed by atoms with Gasteiger partial charge in [-0.1, -0.05) is 6.08 Å². The molecule has 8 heteroatoms. The van der Waals surface area contributed by atoms with Crippen molar-refractivity contribution in [2.75, 3.05) is 6.61 Å². The minimum Gasteiger partial charge on any atom is -0.478 e. The summed E-state index contributed by atoms with van der Waals surface area (Å²) in [6.45, 7) is 4.07. The summed E-state index contributed by atoms with van der Waals surface area (Å²) in [4.78, 5) is 22.3. The molecular formula is C13H19NO7. The smallest absolute Gasteiger partial charge is 0.370 e. The second-order valence-corrected chi connectivity index (χ2v) is 4.70. The van der Waals surface area contributed by atoms with Gasteiger partial charge in [0, 0.05) is 12.8 Å². The number of aliphatic hydroxyl groups excluding tert-OH is 3. The largest absolute Gasteiger partial charge is 0.478 e. The standard InChI is InChI=1S/C13H19NO7/c1-3-7-4-9(13(19)20)21-12(10(7)14-6(2)16)11(18)8(17)5-15/h3-4,7-8,10-12,15,17-18H,1,5H2,2H3,(H,14,16)(H,19,20). The minimum absolute atomic E-state index is 0.418. The molecule has 0 fully saturated rings. The van der Waals surface area contributed by atoms with Gasteiger partial charge in [-0.25, -0.2) is 4.79 Å². The lowest BCUT2D eigenvalue weighted by Gasteiger charge is -2.39. The van der Waals surface area contributed by atoms with E-state index in [4.69, 9.17) is 14.9 Å². The van der Waals surface area contributed by atoms with Crippen LogP contribution < -0.4 is 5.32 Å². The molecule has 0 bridgehead atoms. The fraction of sp³-hybridized carbons (Fsp3) is 0.538. The molecule has 0 aromatic rings. The Bertz CT molecular complexity index is 448. The number of hydrogen-bond donors (Lipinski definition) is 5. The van der Waals surface area contributed by atoms with Crippen LogP contribution in [0, 0.1) is 5.92 Å². The van der Waals surface area contributed by atoms with Gasteiger partial charge in [0.05, 0.1) is 12.6 Å². The van der Waals surface area contributed by atoms with E-state index < -0.39 is 54.5 Å². The molecule has 118 valence electrons. The van der Waals surface area contributed by atoms with Crippen molar-refractivity contribution in [1.82, 2.24) is 5.32 Å². The van der Waals surface area contributed by atoms with E-state index in [0.29, 0.717) is 0 Å². The van der Waals surface area contributed by atoms with E-state index in [1.807, 2.05) is 0 Å². The number of rotatable bonds is 6. The molecule has 0 aromatic heterocycles. The molecule has 1 rings (SSSR count). The average Bonchev–Trinajstić information content (AvgIpc) is 2.44. The molecule has 0 saturated carbocycles. The number of nitrogens with one attached hydrogen (secondary N) is 1. The molecule has 1 heterocycles. The number of amides is 1. The number of carboxylic acid groups (broad SMARTS) is 1. The number of carbonyl (C=O) groups is 2. The summed E-state index contributed by atoms with van der Waals surface area (Å²) in [6, 6.07) is -0.820. The summed E-state index contributed by atoms with van der Waals surface area (Å²) in [5.74, 6) is -2.80. The van der Waals surface area contributed by atoms with Gasteiger partial charge in [0.25, 0.3) is 0 Å². The van der Waals surface area contributed by atoms with Crippen LogP contribution in [0.2, 0.25) is 0 Å². The number of hydrogen-bond acceptors (Lipinski definition) is 6. The summed E-state index contributed by atoms with van der Waals surface area (Å²) < 4.78 is 5.16. The van der Waals surface area contributed by atoms with Crippen LogP contribution in [-0.4, -0.2) is 63.3 Å². The molecule has 1 aliphatic heterocycles. The second-order valence-electron chi connectivity index (χ2n) is 4.70. The lowest BCUT2D eigenvalue weighted by molar-refractivity contribution is -0.146. The lowest BCUT2D eigenvalue weighted by Crippen LogP contribution is -2.57. The van der Waals surface area contributed by atoms with Gasteiger partial charge in [-0.15, -0.1) is 6.58 Å². The summed E-state index contributed by atoms with van der Waals surface area (Å²) in [6.07, 6.45) is -1.71. The second kappa shape index (κ2) is 7.21. The van der Waals surface area contributed by atoms with Crippen molar-refractivity contribution in [3.63, 3.8) is 0 Å². The maximum absolute atomic E-state index is 11.3. The number of carbonyl (C=O) groups excluding carboxylic acids is 1. The minimum atomic E-state index is -1.59. The summed E-state index contributed by atoms with van der Waals surface area (Å²) in [7, 11) is 0. The first kappa shape index (κ1) is 17.2. The molecule has 8 nitrogen and oxygen atoms in total. The predicted molar refractivity (Wildman–Crippen MR) is 71.0 cm³/mol. The van der Waals surface area contributed by atoms with Crippen molar-refractivity contribution in [2.24, 2.45) is 5.92 Å². The van der Waals surface area contributed by atoms with Crippen LogP contribution >= 0.6 is 0 Å². The van der Waals surface area contributed by atoms with Crippen LogP contribution in [0.3, 0.4) is 0 Å². The van der Waals surface area contributed by atoms with Gasteiger partial charge in [0.15, 0.2) is 0 Å². The van der Waals surface area contributed by atoms with Crippen LogP contribution in [0.25, 0.3) is 0 Å². The first-order valence-electron chi connectivity index (χ1n) is 6.30. The normalized spacial score (nSPS) is 27.8. The highest BCUT2D eigenvalue weighted by atomic mass is 16.5. The Labute approximate surface area is 121 Å². The highest BCUT2D eigenvalue weighted by Crippen LogP contribution is 2.27. The van der Waals surface area contributed by atoms with Gasteiger partial charge in [-0.2, -0.15) is 0 Å². The lowest BCUT2D eigenvalue weighted by atomic mass is 9.87. The maximum Gasteiger partial charge on any atom is 0.370 e. The van der Waals surface area contributed by atoms with Crippen molar-refractivity contribution in [3.05, 3.63) is 24.5 Å². The quantitative estimate of drug-likeness (QED) is 0.372. The Kier molecular flexibility index (Phi) is 5.89. The fourth-order valence-electron chi connectivity index (χ4n) is 2.12. The molecule has 5 N–H and O–H groups in total. The Morgan fingerprint density at radius 3 is 2.57 bits per heavy atom. The predicted octanol–water partition coefficient (Wildman–Crippen LogP) is -1.63. The fourth-order valence-corrected chi connectivity index (χ4v) is 2.12. The highest BCUT2D eigenvalue weighted by Gasteiger charge is 2.42. The van der Waals surface area contributed by atoms with Crippen molar-refractivity contribution in [2.45, 2.75) is 31.3 Å². The van der Waals surface area contributed by atoms with Gasteiger partial charge in [0.2, 0.25) is 11.7 Å². The van der Waals surface area contributed by atoms with E-state index in [1.54, 1.807) is 0 Å².